The topological polar surface area (TPSA) is 95.9 Å². The highest BCUT2D eigenvalue weighted by Crippen LogP contribution is 2.18. The Labute approximate surface area is 444 Å². The van der Waals surface area contributed by atoms with Crippen molar-refractivity contribution in [3.63, 3.8) is 0 Å². The lowest BCUT2D eigenvalue weighted by Crippen LogP contribution is -2.45. The summed E-state index contributed by atoms with van der Waals surface area (Å²) >= 11 is 0. The van der Waals surface area contributed by atoms with Crippen molar-refractivity contribution in [2.45, 2.75) is 379 Å². The molecule has 2 atom stereocenters. The molecule has 0 saturated heterocycles. The van der Waals surface area contributed by atoms with Gasteiger partial charge in [0, 0.05) is 12.8 Å². The van der Waals surface area contributed by atoms with Crippen LogP contribution >= 0.6 is 0 Å². The van der Waals surface area contributed by atoms with Crippen molar-refractivity contribution in [1.82, 2.24) is 5.32 Å². The van der Waals surface area contributed by atoms with Crippen LogP contribution in [-0.2, 0) is 14.3 Å². The predicted octanol–water partition coefficient (Wildman–Crippen LogP) is 20.4. The number of unbranched alkanes of at least 4 members (excludes halogenated alkanes) is 50. The van der Waals surface area contributed by atoms with Crippen molar-refractivity contribution >= 4 is 11.9 Å². The molecule has 0 spiro atoms. The van der Waals surface area contributed by atoms with E-state index in [4.69, 9.17) is 4.74 Å². The number of esters is 1. The first-order chi connectivity index (χ1) is 35.0. The molecule has 0 rings (SSSR count). The van der Waals surface area contributed by atoms with E-state index in [2.05, 4.69) is 19.2 Å². The van der Waals surface area contributed by atoms with E-state index in [-0.39, 0.29) is 18.5 Å². The van der Waals surface area contributed by atoms with Crippen molar-refractivity contribution in [3.8, 4) is 0 Å². The first-order valence-electron chi connectivity index (χ1n) is 32.5. The van der Waals surface area contributed by atoms with E-state index in [1.54, 1.807) is 6.08 Å². The Kier molecular flexibility index (Phi) is 59.9. The number of aliphatic hydroxyl groups is 2. The van der Waals surface area contributed by atoms with Crippen LogP contribution in [0, 0.1) is 0 Å². The highest BCUT2D eigenvalue weighted by Gasteiger charge is 2.18. The molecular formula is C65H127NO5. The third kappa shape index (κ3) is 57.7. The first kappa shape index (κ1) is 69.6. The molecule has 3 N–H and O–H groups in total. The quantitative estimate of drug-likeness (QED) is 0.0320. The van der Waals surface area contributed by atoms with E-state index in [1.165, 1.54) is 283 Å². The lowest BCUT2D eigenvalue weighted by molar-refractivity contribution is -0.143. The van der Waals surface area contributed by atoms with E-state index in [1.807, 2.05) is 6.08 Å². The second kappa shape index (κ2) is 61.1. The molecule has 2 unspecified atom stereocenters. The second-order valence-corrected chi connectivity index (χ2v) is 22.5. The number of nitrogens with one attached hydrogen (secondary N) is 1. The lowest BCUT2D eigenvalue weighted by Gasteiger charge is -2.20. The number of amides is 1. The number of rotatable bonds is 61. The molecule has 6 heteroatoms. The largest absolute Gasteiger partial charge is 0.466 e. The fraction of sp³-hybridized carbons (Fsp3) is 0.938. The molecule has 0 bridgehead atoms. The Balaban J connectivity index is 3.44. The number of hydrogen-bond donors (Lipinski definition) is 3. The van der Waals surface area contributed by atoms with Gasteiger partial charge in [-0.2, -0.15) is 0 Å². The monoisotopic (exact) mass is 1000 g/mol. The summed E-state index contributed by atoms with van der Waals surface area (Å²) in [6.07, 6.45) is 74.0. The smallest absolute Gasteiger partial charge is 0.305 e. The van der Waals surface area contributed by atoms with Gasteiger partial charge in [0.25, 0.3) is 0 Å². The zero-order valence-electron chi connectivity index (χ0n) is 48.2. The minimum atomic E-state index is -0.853. The fourth-order valence-corrected chi connectivity index (χ4v) is 10.3. The average Bonchev–Trinajstić information content (AvgIpc) is 3.37. The van der Waals surface area contributed by atoms with Crippen LogP contribution in [0.15, 0.2) is 12.2 Å². The Morgan fingerprint density at radius 3 is 0.958 bits per heavy atom. The Hall–Kier alpha value is -1.40. The second-order valence-electron chi connectivity index (χ2n) is 22.5. The van der Waals surface area contributed by atoms with E-state index >= 15 is 0 Å². The molecule has 6 nitrogen and oxygen atoms in total. The molecule has 0 aliphatic rings. The summed E-state index contributed by atoms with van der Waals surface area (Å²) in [4.78, 5) is 24.6. The molecule has 422 valence electrons. The molecule has 0 aliphatic carbocycles. The van der Waals surface area contributed by atoms with Gasteiger partial charge in [-0.1, -0.05) is 334 Å². The van der Waals surface area contributed by atoms with Gasteiger partial charge in [-0.15, -0.1) is 0 Å². The Morgan fingerprint density at radius 2 is 0.648 bits per heavy atom. The van der Waals surface area contributed by atoms with Crippen molar-refractivity contribution in [3.05, 3.63) is 12.2 Å². The number of allylic oxidation sites excluding steroid dienone is 1. The molecule has 0 radical (unpaired) electrons. The van der Waals surface area contributed by atoms with Gasteiger partial charge in [0.05, 0.1) is 25.4 Å². The molecule has 0 heterocycles. The Morgan fingerprint density at radius 1 is 0.380 bits per heavy atom. The van der Waals surface area contributed by atoms with Crippen molar-refractivity contribution in [2.75, 3.05) is 13.2 Å². The number of aliphatic hydroxyl groups excluding tert-OH is 2. The zero-order chi connectivity index (χ0) is 51.4. The summed E-state index contributed by atoms with van der Waals surface area (Å²) in [7, 11) is 0. The third-order valence-electron chi connectivity index (χ3n) is 15.3. The van der Waals surface area contributed by atoms with Crippen LogP contribution in [-0.4, -0.2) is 47.4 Å². The van der Waals surface area contributed by atoms with E-state index in [0.717, 1.165) is 57.8 Å². The summed E-state index contributed by atoms with van der Waals surface area (Å²) in [6.45, 7) is 4.92. The summed E-state index contributed by atoms with van der Waals surface area (Å²) in [5, 5.41) is 23.2. The summed E-state index contributed by atoms with van der Waals surface area (Å²) in [5.74, 6) is -0.0772. The van der Waals surface area contributed by atoms with E-state index in [9.17, 15) is 19.8 Å². The molecule has 0 aromatic carbocycles. The van der Waals surface area contributed by atoms with Gasteiger partial charge in [0.1, 0.15) is 0 Å². The van der Waals surface area contributed by atoms with Crippen LogP contribution < -0.4 is 5.32 Å². The van der Waals surface area contributed by atoms with Gasteiger partial charge < -0.3 is 20.3 Å². The summed E-state index contributed by atoms with van der Waals surface area (Å²) in [5.41, 5.74) is 0. The molecule has 0 saturated carbocycles. The lowest BCUT2D eigenvalue weighted by atomic mass is 10.0. The SMILES string of the molecule is CCCCCCCCCCCCCCCCCCCCCCC/C=C/C(O)C(CO)NC(=O)CCCCCCCCCCCCCCCOC(=O)CCCCCCCCCCCCCCCCCCCC. The van der Waals surface area contributed by atoms with Crippen molar-refractivity contribution < 1.29 is 24.5 Å². The number of hydrogen-bond acceptors (Lipinski definition) is 5. The number of carbonyl (C=O) groups excluding carboxylic acids is 2. The van der Waals surface area contributed by atoms with Crippen LogP contribution in [0.4, 0.5) is 0 Å². The summed E-state index contributed by atoms with van der Waals surface area (Å²) < 4.78 is 5.49. The maximum atomic E-state index is 12.5. The van der Waals surface area contributed by atoms with Crippen LogP contribution in [0.2, 0.25) is 0 Å². The van der Waals surface area contributed by atoms with Gasteiger partial charge in [-0.05, 0) is 32.1 Å². The van der Waals surface area contributed by atoms with Crippen LogP contribution in [0.3, 0.4) is 0 Å². The molecule has 71 heavy (non-hydrogen) atoms. The number of carbonyl (C=O) groups is 2. The molecule has 0 aromatic heterocycles. The maximum Gasteiger partial charge on any atom is 0.305 e. The molecular weight excluding hydrogens is 875 g/mol. The first-order valence-corrected chi connectivity index (χ1v) is 32.5. The van der Waals surface area contributed by atoms with Crippen LogP contribution in [0.5, 0.6) is 0 Å². The maximum absolute atomic E-state index is 12.5. The van der Waals surface area contributed by atoms with Gasteiger partial charge in [-0.25, -0.2) is 0 Å². The predicted molar refractivity (Wildman–Crippen MR) is 310 cm³/mol. The molecule has 0 aliphatic heterocycles. The minimum absolute atomic E-state index is 0.00116. The zero-order valence-corrected chi connectivity index (χ0v) is 48.2. The fourth-order valence-electron chi connectivity index (χ4n) is 10.3. The van der Waals surface area contributed by atoms with Gasteiger partial charge in [0.15, 0.2) is 0 Å². The van der Waals surface area contributed by atoms with E-state index < -0.39 is 12.1 Å². The summed E-state index contributed by atoms with van der Waals surface area (Å²) in [6, 6.07) is -0.638. The Bertz CT molecular complexity index is 1060. The molecule has 0 fully saturated rings. The van der Waals surface area contributed by atoms with Crippen molar-refractivity contribution in [2.24, 2.45) is 0 Å². The standard InChI is InChI=1S/C65H127NO5/c1-3-5-7-9-11-13-15-17-19-21-23-24-25-26-27-28-30-33-37-41-45-49-53-57-63(68)62(61-67)66-64(69)58-54-50-46-42-38-34-32-36-40-44-48-52-56-60-71-65(70)59-55-51-47-43-39-35-31-29-22-20-18-16-14-12-10-8-6-4-2/h53,57,62-63,67-68H,3-52,54-56,58-61H2,1-2H3,(H,66,69)/b57-53+. The van der Waals surface area contributed by atoms with Crippen LogP contribution in [0.1, 0.15) is 367 Å². The highest BCUT2D eigenvalue weighted by atomic mass is 16.5. The molecule has 0 aromatic rings. The van der Waals surface area contributed by atoms with Crippen molar-refractivity contribution in [1.29, 1.82) is 0 Å². The third-order valence-corrected chi connectivity index (χ3v) is 15.3. The number of ether oxygens (including phenoxy) is 1. The highest BCUT2D eigenvalue weighted by molar-refractivity contribution is 5.76. The minimum Gasteiger partial charge on any atom is -0.466 e. The average molecular weight is 1000 g/mol. The van der Waals surface area contributed by atoms with Gasteiger partial charge >= 0.3 is 5.97 Å². The van der Waals surface area contributed by atoms with Crippen LogP contribution in [0.25, 0.3) is 0 Å². The normalized spacial score (nSPS) is 12.6. The molecule has 1 amide bonds. The van der Waals surface area contributed by atoms with Gasteiger partial charge in [-0.3, -0.25) is 9.59 Å². The van der Waals surface area contributed by atoms with Gasteiger partial charge in [0.2, 0.25) is 5.91 Å². The van der Waals surface area contributed by atoms with E-state index in [0.29, 0.717) is 19.4 Å².